The van der Waals surface area contributed by atoms with Gasteiger partial charge in [0.15, 0.2) is 0 Å². The molecule has 0 radical (unpaired) electrons. The van der Waals surface area contributed by atoms with Crippen LogP contribution in [-0.4, -0.2) is 22.5 Å². The normalized spacial score (nSPS) is 11.3. The summed E-state index contributed by atoms with van der Waals surface area (Å²) in [6, 6.07) is 5.63. The van der Waals surface area contributed by atoms with Gasteiger partial charge in [0, 0.05) is 23.5 Å². The van der Waals surface area contributed by atoms with Gasteiger partial charge in [0.1, 0.15) is 10.6 Å². The van der Waals surface area contributed by atoms with Gasteiger partial charge in [0.25, 0.3) is 5.69 Å². The summed E-state index contributed by atoms with van der Waals surface area (Å²) in [5, 5.41) is 13.4. The number of hydrogen-bond donors (Lipinski definition) is 2. The molecular weight excluding hydrogens is 294 g/mol. The molecule has 7 nitrogen and oxygen atoms in total. The summed E-state index contributed by atoms with van der Waals surface area (Å²) in [5.74, 6) is -0.614. The van der Waals surface area contributed by atoms with Crippen molar-refractivity contribution in [3.05, 3.63) is 45.6 Å². The molecule has 0 unspecified atom stereocenters. The van der Waals surface area contributed by atoms with Gasteiger partial charge in [-0.2, -0.15) is 0 Å². The fourth-order valence-corrected chi connectivity index (χ4v) is 1.86. The SMILES string of the molecule is CCOC(=O)C(C(=S)Nc1ccc([N+](=O)[O-])cc1)=C(C)N. The Morgan fingerprint density at radius 2 is 2.00 bits per heavy atom. The number of nitrogens with one attached hydrogen (secondary N) is 1. The molecule has 0 aliphatic rings. The van der Waals surface area contributed by atoms with Crippen LogP contribution in [0.15, 0.2) is 35.5 Å². The number of carbonyl (C=O) groups is 1. The van der Waals surface area contributed by atoms with E-state index in [1.165, 1.54) is 31.2 Å². The first kappa shape index (κ1) is 16.6. The lowest BCUT2D eigenvalue weighted by molar-refractivity contribution is -0.384. The van der Waals surface area contributed by atoms with Crippen molar-refractivity contribution < 1.29 is 14.5 Å². The zero-order valence-corrected chi connectivity index (χ0v) is 12.4. The molecule has 0 atom stereocenters. The molecule has 0 aromatic heterocycles. The molecule has 0 heterocycles. The van der Waals surface area contributed by atoms with Crippen LogP contribution >= 0.6 is 12.2 Å². The van der Waals surface area contributed by atoms with E-state index in [0.717, 1.165) is 0 Å². The Morgan fingerprint density at radius 1 is 1.43 bits per heavy atom. The Balaban J connectivity index is 2.90. The third-order valence-corrected chi connectivity index (χ3v) is 2.74. The van der Waals surface area contributed by atoms with Crippen LogP contribution in [0.3, 0.4) is 0 Å². The van der Waals surface area contributed by atoms with Crippen molar-refractivity contribution in [1.82, 2.24) is 0 Å². The van der Waals surface area contributed by atoms with E-state index in [2.05, 4.69) is 5.32 Å². The zero-order valence-electron chi connectivity index (χ0n) is 11.6. The van der Waals surface area contributed by atoms with Crippen LogP contribution in [0.4, 0.5) is 11.4 Å². The molecule has 0 saturated carbocycles. The number of ether oxygens (including phenoxy) is 1. The lowest BCUT2D eigenvalue weighted by atomic mass is 10.2. The predicted molar refractivity (Wildman–Crippen MR) is 82.8 cm³/mol. The molecule has 112 valence electrons. The van der Waals surface area contributed by atoms with Crippen LogP contribution in [0, 0.1) is 10.1 Å². The second kappa shape index (κ2) is 7.34. The average Bonchev–Trinajstić information content (AvgIpc) is 2.39. The van der Waals surface area contributed by atoms with Crippen LogP contribution < -0.4 is 11.1 Å². The minimum Gasteiger partial charge on any atom is -0.462 e. The maximum Gasteiger partial charge on any atom is 0.342 e. The van der Waals surface area contributed by atoms with Crippen molar-refractivity contribution in [2.45, 2.75) is 13.8 Å². The summed E-state index contributed by atoms with van der Waals surface area (Å²) in [4.78, 5) is 21.9. The molecule has 1 aromatic rings. The monoisotopic (exact) mass is 309 g/mol. The number of nitro benzene ring substituents is 1. The third kappa shape index (κ3) is 4.53. The van der Waals surface area contributed by atoms with Gasteiger partial charge in [0.2, 0.25) is 0 Å². The van der Waals surface area contributed by atoms with Gasteiger partial charge in [-0.15, -0.1) is 0 Å². The van der Waals surface area contributed by atoms with Crippen molar-refractivity contribution in [3.63, 3.8) is 0 Å². The van der Waals surface area contributed by atoms with Gasteiger partial charge in [-0.3, -0.25) is 10.1 Å². The minimum atomic E-state index is -0.614. The third-order valence-electron chi connectivity index (χ3n) is 2.44. The molecule has 0 bridgehead atoms. The van der Waals surface area contributed by atoms with E-state index < -0.39 is 10.9 Å². The number of thiocarbonyl (C=S) groups is 1. The minimum absolute atomic E-state index is 0.0392. The van der Waals surface area contributed by atoms with Gasteiger partial charge < -0.3 is 15.8 Å². The summed E-state index contributed by atoms with van der Waals surface area (Å²) < 4.78 is 4.88. The van der Waals surface area contributed by atoms with Gasteiger partial charge in [0.05, 0.1) is 11.5 Å². The highest BCUT2D eigenvalue weighted by Gasteiger charge is 2.18. The standard InChI is InChI=1S/C13H15N3O4S/c1-3-20-13(17)11(8(2)14)12(21)15-9-4-6-10(7-5-9)16(18)19/h4-7H,3,14H2,1-2H3,(H,15,21). The van der Waals surface area contributed by atoms with Crippen LogP contribution in [0.2, 0.25) is 0 Å². The number of allylic oxidation sites excluding steroid dienone is 1. The number of benzene rings is 1. The fraction of sp³-hybridized carbons (Fsp3) is 0.231. The van der Waals surface area contributed by atoms with Crippen molar-refractivity contribution in [3.8, 4) is 0 Å². The second-order valence-corrected chi connectivity index (χ2v) is 4.44. The van der Waals surface area contributed by atoms with E-state index in [9.17, 15) is 14.9 Å². The molecule has 1 aromatic carbocycles. The first-order valence-electron chi connectivity index (χ1n) is 6.06. The molecule has 0 aliphatic carbocycles. The van der Waals surface area contributed by atoms with Crippen LogP contribution in [0.25, 0.3) is 0 Å². The summed E-state index contributed by atoms with van der Waals surface area (Å²) in [6.45, 7) is 3.42. The van der Waals surface area contributed by atoms with Crippen molar-refractivity contribution in [1.29, 1.82) is 0 Å². The largest absolute Gasteiger partial charge is 0.462 e. The van der Waals surface area contributed by atoms with Crippen LogP contribution in [0.5, 0.6) is 0 Å². The van der Waals surface area contributed by atoms with Gasteiger partial charge in [-0.25, -0.2) is 4.79 Å². The lowest BCUT2D eigenvalue weighted by Crippen LogP contribution is -2.24. The van der Waals surface area contributed by atoms with Crippen molar-refractivity contribution in [2.24, 2.45) is 5.73 Å². The Bertz CT molecular complexity index is 592. The maximum absolute atomic E-state index is 11.8. The van der Waals surface area contributed by atoms with E-state index in [1.807, 2.05) is 0 Å². The summed E-state index contributed by atoms with van der Waals surface area (Å²) in [7, 11) is 0. The highest BCUT2D eigenvalue weighted by molar-refractivity contribution is 7.81. The number of hydrogen-bond acceptors (Lipinski definition) is 6. The topological polar surface area (TPSA) is 107 Å². The molecule has 21 heavy (non-hydrogen) atoms. The summed E-state index contributed by atoms with van der Waals surface area (Å²) >= 11 is 5.12. The van der Waals surface area contributed by atoms with E-state index >= 15 is 0 Å². The van der Waals surface area contributed by atoms with E-state index in [4.69, 9.17) is 22.7 Å². The highest BCUT2D eigenvalue weighted by Crippen LogP contribution is 2.17. The lowest BCUT2D eigenvalue weighted by Gasteiger charge is -2.12. The van der Waals surface area contributed by atoms with E-state index in [-0.39, 0.29) is 28.6 Å². The zero-order chi connectivity index (χ0) is 16.0. The Kier molecular flexibility index (Phi) is 5.79. The number of esters is 1. The second-order valence-electron chi connectivity index (χ2n) is 4.04. The summed E-state index contributed by atoms with van der Waals surface area (Å²) in [6.07, 6.45) is 0. The molecule has 8 heteroatoms. The molecule has 0 fully saturated rings. The number of non-ortho nitro benzene ring substituents is 1. The number of nitrogens with two attached hydrogens (primary N) is 1. The van der Waals surface area contributed by atoms with Gasteiger partial charge >= 0.3 is 5.97 Å². The van der Waals surface area contributed by atoms with E-state index in [0.29, 0.717) is 5.69 Å². The predicted octanol–water partition coefficient (Wildman–Crippen LogP) is 2.13. The fourth-order valence-electron chi connectivity index (χ4n) is 1.50. The summed E-state index contributed by atoms with van der Waals surface area (Å²) in [5.41, 5.74) is 6.42. The van der Waals surface area contributed by atoms with Crippen molar-refractivity contribution in [2.75, 3.05) is 11.9 Å². The molecule has 0 amide bonds. The first-order valence-corrected chi connectivity index (χ1v) is 6.47. The highest BCUT2D eigenvalue weighted by atomic mass is 32.1. The maximum atomic E-state index is 11.8. The number of anilines is 1. The first-order chi connectivity index (χ1) is 9.86. The van der Waals surface area contributed by atoms with E-state index in [1.54, 1.807) is 6.92 Å². The van der Waals surface area contributed by atoms with Gasteiger partial charge in [-0.05, 0) is 26.0 Å². The average molecular weight is 309 g/mol. The Labute approximate surface area is 126 Å². The van der Waals surface area contributed by atoms with Crippen LogP contribution in [-0.2, 0) is 9.53 Å². The molecule has 0 aliphatic heterocycles. The molecule has 0 saturated heterocycles. The number of nitrogens with zero attached hydrogens (tertiary/aromatic N) is 1. The van der Waals surface area contributed by atoms with Crippen molar-refractivity contribution >= 4 is 34.6 Å². The number of nitro groups is 1. The molecule has 1 rings (SSSR count). The Hall–Kier alpha value is -2.48. The Morgan fingerprint density at radius 3 is 2.43 bits per heavy atom. The van der Waals surface area contributed by atoms with Gasteiger partial charge in [-0.1, -0.05) is 12.2 Å². The van der Waals surface area contributed by atoms with Crippen LogP contribution in [0.1, 0.15) is 13.8 Å². The smallest absolute Gasteiger partial charge is 0.342 e. The number of rotatable bonds is 5. The number of carbonyl (C=O) groups excluding carboxylic acids is 1. The molecule has 0 spiro atoms. The molecular formula is C13H15N3O4S. The molecule has 3 N–H and O–H groups in total. The quantitative estimate of drug-likeness (QED) is 0.282.